The van der Waals surface area contributed by atoms with Crippen LogP contribution in [0.1, 0.15) is 26.7 Å². The molecule has 1 aromatic rings. The third kappa shape index (κ3) is 2.03. The van der Waals surface area contributed by atoms with Gasteiger partial charge in [-0.15, -0.1) is 0 Å². The van der Waals surface area contributed by atoms with Crippen LogP contribution in [0.5, 0.6) is 5.75 Å². The van der Waals surface area contributed by atoms with E-state index in [0.717, 1.165) is 18.5 Å². The van der Waals surface area contributed by atoms with Crippen LogP contribution in [0.4, 0.5) is 5.69 Å². The molecule has 2 N–H and O–H groups in total. The van der Waals surface area contributed by atoms with Crippen molar-refractivity contribution in [3.8, 4) is 5.75 Å². The summed E-state index contributed by atoms with van der Waals surface area (Å²) in [5.74, 6) is -0.0981. The topological polar surface area (TPSA) is 58.6 Å². The number of hydrogen-bond donors (Lipinski definition) is 2. The summed E-state index contributed by atoms with van der Waals surface area (Å²) in [6, 6.07) is 7.35. The molecule has 1 aromatic carbocycles. The average Bonchev–Trinajstić information content (AvgIpc) is 3.09. The maximum Gasteiger partial charge on any atom is 0.329 e. The first-order valence-corrected chi connectivity index (χ1v) is 6.07. The molecule has 0 bridgehead atoms. The van der Waals surface area contributed by atoms with E-state index in [9.17, 15) is 9.90 Å². The maximum absolute atomic E-state index is 11.6. The molecule has 1 aliphatic carbocycles. The third-order valence-corrected chi connectivity index (χ3v) is 4.10. The van der Waals surface area contributed by atoms with Gasteiger partial charge in [0.25, 0.3) is 0 Å². The first kappa shape index (κ1) is 12.7. The summed E-state index contributed by atoms with van der Waals surface area (Å²) >= 11 is 0. The zero-order chi connectivity index (χ0) is 13.4. The van der Waals surface area contributed by atoms with E-state index in [1.165, 1.54) is 0 Å². The number of rotatable bonds is 5. The Morgan fingerprint density at radius 3 is 2.67 bits per heavy atom. The van der Waals surface area contributed by atoms with Gasteiger partial charge in [0.05, 0.1) is 7.11 Å². The minimum Gasteiger partial charge on any atom is -0.497 e. The second kappa shape index (κ2) is 4.19. The van der Waals surface area contributed by atoms with Gasteiger partial charge in [0, 0.05) is 17.2 Å². The predicted molar refractivity (Wildman–Crippen MR) is 70.0 cm³/mol. The van der Waals surface area contributed by atoms with Crippen molar-refractivity contribution in [2.75, 3.05) is 12.4 Å². The second-order valence-electron chi connectivity index (χ2n) is 5.35. The monoisotopic (exact) mass is 249 g/mol. The number of ether oxygens (including phenoxy) is 1. The summed E-state index contributed by atoms with van der Waals surface area (Å²) in [4.78, 5) is 11.6. The first-order valence-electron chi connectivity index (χ1n) is 6.07. The van der Waals surface area contributed by atoms with Crippen LogP contribution >= 0.6 is 0 Å². The molecule has 1 fully saturated rings. The Labute approximate surface area is 107 Å². The maximum atomic E-state index is 11.6. The van der Waals surface area contributed by atoms with Crippen molar-refractivity contribution in [3.63, 3.8) is 0 Å². The Morgan fingerprint density at radius 1 is 1.50 bits per heavy atom. The van der Waals surface area contributed by atoms with Gasteiger partial charge >= 0.3 is 5.97 Å². The lowest BCUT2D eigenvalue weighted by Gasteiger charge is -2.33. The highest BCUT2D eigenvalue weighted by atomic mass is 16.5. The Morgan fingerprint density at radius 2 is 2.17 bits per heavy atom. The summed E-state index contributed by atoms with van der Waals surface area (Å²) in [7, 11) is 1.59. The number of aliphatic carboxylic acids is 1. The van der Waals surface area contributed by atoms with Gasteiger partial charge in [0.2, 0.25) is 0 Å². The Bertz CT molecular complexity index is 468. The van der Waals surface area contributed by atoms with Crippen LogP contribution in [0, 0.1) is 5.41 Å². The van der Waals surface area contributed by atoms with Crippen molar-refractivity contribution in [1.29, 1.82) is 0 Å². The summed E-state index contributed by atoms with van der Waals surface area (Å²) < 4.78 is 5.14. The van der Waals surface area contributed by atoms with Gasteiger partial charge < -0.3 is 15.2 Å². The van der Waals surface area contributed by atoms with Gasteiger partial charge in [0.15, 0.2) is 0 Å². The van der Waals surface area contributed by atoms with E-state index in [0.29, 0.717) is 5.75 Å². The summed E-state index contributed by atoms with van der Waals surface area (Å²) in [6.45, 7) is 3.76. The summed E-state index contributed by atoms with van der Waals surface area (Å²) in [6.07, 6.45) is 1.87. The van der Waals surface area contributed by atoms with Gasteiger partial charge in [0.1, 0.15) is 11.3 Å². The minimum absolute atomic E-state index is 0.179. The van der Waals surface area contributed by atoms with Crippen LogP contribution in [-0.4, -0.2) is 23.7 Å². The standard InChI is InChI=1S/C14H19NO3/c1-13(7-8-13)14(2,12(16)17)15-10-5-4-6-11(9-10)18-3/h4-6,9,15H,7-8H2,1-3H3,(H,16,17). The Hall–Kier alpha value is -1.71. The third-order valence-electron chi connectivity index (χ3n) is 4.10. The number of anilines is 1. The van der Waals surface area contributed by atoms with E-state index < -0.39 is 11.5 Å². The van der Waals surface area contributed by atoms with Crippen molar-refractivity contribution in [2.45, 2.75) is 32.2 Å². The molecular formula is C14H19NO3. The smallest absolute Gasteiger partial charge is 0.329 e. The highest BCUT2D eigenvalue weighted by Gasteiger charge is 2.57. The van der Waals surface area contributed by atoms with Crippen molar-refractivity contribution >= 4 is 11.7 Å². The second-order valence-corrected chi connectivity index (χ2v) is 5.35. The van der Waals surface area contributed by atoms with E-state index in [-0.39, 0.29) is 5.41 Å². The molecule has 0 radical (unpaired) electrons. The molecule has 4 heteroatoms. The molecule has 1 unspecified atom stereocenters. The lowest BCUT2D eigenvalue weighted by atomic mass is 9.83. The molecule has 0 amide bonds. The molecular weight excluding hydrogens is 230 g/mol. The van der Waals surface area contributed by atoms with Gasteiger partial charge in [-0.1, -0.05) is 13.0 Å². The molecule has 0 aliphatic heterocycles. The van der Waals surface area contributed by atoms with Crippen molar-refractivity contribution in [1.82, 2.24) is 0 Å². The molecule has 1 aliphatic rings. The molecule has 0 spiro atoms. The lowest BCUT2D eigenvalue weighted by Crippen LogP contribution is -2.50. The van der Waals surface area contributed by atoms with Gasteiger partial charge in [-0.25, -0.2) is 4.79 Å². The first-order chi connectivity index (χ1) is 8.41. The lowest BCUT2D eigenvalue weighted by molar-refractivity contribution is -0.144. The molecule has 0 heterocycles. The van der Waals surface area contributed by atoms with Gasteiger partial charge in [-0.05, 0) is 31.9 Å². The van der Waals surface area contributed by atoms with E-state index in [2.05, 4.69) is 5.32 Å². The highest BCUT2D eigenvalue weighted by Crippen LogP contribution is 2.54. The Balaban J connectivity index is 2.27. The molecule has 0 saturated heterocycles. The van der Waals surface area contributed by atoms with E-state index in [1.54, 1.807) is 14.0 Å². The van der Waals surface area contributed by atoms with Crippen LogP contribution in [0.3, 0.4) is 0 Å². The van der Waals surface area contributed by atoms with Crippen LogP contribution in [-0.2, 0) is 4.79 Å². The zero-order valence-corrected chi connectivity index (χ0v) is 11.0. The van der Waals surface area contributed by atoms with Crippen molar-refractivity contribution in [3.05, 3.63) is 24.3 Å². The molecule has 18 heavy (non-hydrogen) atoms. The number of benzene rings is 1. The molecule has 1 atom stereocenters. The van der Waals surface area contributed by atoms with Crippen molar-refractivity contribution in [2.24, 2.45) is 5.41 Å². The average molecular weight is 249 g/mol. The van der Waals surface area contributed by atoms with Crippen LogP contribution in [0.25, 0.3) is 0 Å². The van der Waals surface area contributed by atoms with E-state index in [4.69, 9.17) is 4.74 Å². The molecule has 0 aromatic heterocycles. The fraction of sp³-hybridized carbons (Fsp3) is 0.500. The van der Waals surface area contributed by atoms with Crippen LogP contribution in [0.15, 0.2) is 24.3 Å². The largest absolute Gasteiger partial charge is 0.497 e. The van der Waals surface area contributed by atoms with E-state index >= 15 is 0 Å². The SMILES string of the molecule is COc1cccc(NC(C)(C(=O)O)C2(C)CC2)c1. The zero-order valence-electron chi connectivity index (χ0n) is 11.0. The summed E-state index contributed by atoms with van der Waals surface area (Å²) in [5, 5.41) is 12.7. The number of carboxylic acids is 1. The van der Waals surface area contributed by atoms with E-state index in [1.807, 2.05) is 31.2 Å². The normalized spacial score (nSPS) is 19.7. The number of hydrogen-bond acceptors (Lipinski definition) is 3. The number of carbonyl (C=O) groups is 1. The minimum atomic E-state index is -0.945. The van der Waals surface area contributed by atoms with Gasteiger partial charge in [-0.3, -0.25) is 0 Å². The predicted octanol–water partition coefficient (Wildman–Crippen LogP) is 2.75. The quantitative estimate of drug-likeness (QED) is 0.842. The van der Waals surface area contributed by atoms with Gasteiger partial charge in [-0.2, -0.15) is 0 Å². The van der Waals surface area contributed by atoms with Crippen molar-refractivity contribution < 1.29 is 14.6 Å². The fourth-order valence-corrected chi connectivity index (χ4v) is 2.14. The molecule has 4 nitrogen and oxygen atoms in total. The Kier molecular flexibility index (Phi) is 2.97. The molecule has 1 saturated carbocycles. The number of methoxy groups -OCH3 is 1. The molecule has 98 valence electrons. The number of carboxylic acid groups (broad SMARTS) is 1. The van der Waals surface area contributed by atoms with Crippen LogP contribution < -0.4 is 10.1 Å². The molecule has 2 rings (SSSR count). The fourth-order valence-electron chi connectivity index (χ4n) is 2.14. The number of nitrogens with one attached hydrogen (secondary N) is 1. The van der Waals surface area contributed by atoms with Crippen LogP contribution in [0.2, 0.25) is 0 Å². The summed E-state index contributed by atoms with van der Waals surface area (Å²) in [5.41, 5.74) is -0.353. The highest BCUT2D eigenvalue weighted by molar-refractivity contribution is 5.84.